The van der Waals surface area contributed by atoms with Crippen LogP contribution in [0.25, 0.3) is 0 Å². The van der Waals surface area contributed by atoms with Crippen molar-refractivity contribution < 1.29 is 29.1 Å². The lowest BCUT2D eigenvalue weighted by Crippen LogP contribution is -2.52. The molecule has 1 aromatic heterocycles. The van der Waals surface area contributed by atoms with Crippen LogP contribution in [0.1, 0.15) is 30.6 Å². The Morgan fingerprint density at radius 3 is 2.96 bits per heavy atom. The Hall–Kier alpha value is -1.42. The zero-order valence-electron chi connectivity index (χ0n) is 13.3. The first-order valence-electron chi connectivity index (χ1n) is 7.99. The van der Waals surface area contributed by atoms with Crippen molar-refractivity contribution >= 4 is 30.3 Å². The number of thiophene rings is 1. The molecule has 1 fully saturated rings. The Morgan fingerprint density at radius 1 is 1.42 bits per heavy atom. The van der Waals surface area contributed by atoms with Gasteiger partial charge in [-0.15, -0.1) is 11.3 Å². The topological polar surface area (TPSA) is 105 Å². The predicted octanol–water partition coefficient (Wildman–Crippen LogP) is 0.855. The number of carbonyl (C=O) groups excluding carboxylic acids is 1. The van der Waals surface area contributed by atoms with Crippen molar-refractivity contribution in [2.45, 2.75) is 44.1 Å². The highest BCUT2D eigenvalue weighted by atomic mass is 32.1. The first-order valence-corrected chi connectivity index (χ1v) is 8.87. The lowest BCUT2D eigenvalue weighted by atomic mass is 9.78. The van der Waals surface area contributed by atoms with E-state index < -0.39 is 25.1 Å². The average molecular weight is 355 g/mol. The van der Waals surface area contributed by atoms with E-state index in [1.165, 1.54) is 11.3 Å². The van der Waals surface area contributed by atoms with Crippen LogP contribution >= 0.6 is 11.3 Å². The molecule has 2 rings (SSSR count). The van der Waals surface area contributed by atoms with Gasteiger partial charge in [-0.3, -0.25) is 9.59 Å². The van der Waals surface area contributed by atoms with E-state index in [0.29, 0.717) is 13.0 Å². The Balaban J connectivity index is 1.94. The second-order valence-electron chi connectivity index (χ2n) is 5.75. The van der Waals surface area contributed by atoms with E-state index in [0.717, 1.165) is 17.7 Å². The van der Waals surface area contributed by atoms with E-state index in [9.17, 15) is 14.6 Å². The smallest absolute Gasteiger partial charge is 0.480 e. The third kappa shape index (κ3) is 6.60. The van der Waals surface area contributed by atoms with Crippen LogP contribution in [0, 0.1) is 0 Å². The zero-order chi connectivity index (χ0) is 17.4. The summed E-state index contributed by atoms with van der Waals surface area (Å²) in [4.78, 5) is 23.9. The van der Waals surface area contributed by atoms with E-state index in [-0.39, 0.29) is 25.4 Å². The van der Waals surface area contributed by atoms with Crippen LogP contribution in [0.2, 0.25) is 0 Å². The molecule has 2 heterocycles. The fourth-order valence-electron chi connectivity index (χ4n) is 2.52. The maximum Gasteiger partial charge on any atom is 0.480 e. The highest BCUT2D eigenvalue weighted by Gasteiger charge is 2.32. The van der Waals surface area contributed by atoms with Crippen LogP contribution < -0.4 is 5.32 Å². The van der Waals surface area contributed by atoms with Crippen LogP contribution in [0.15, 0.2) is 17.5 Å². The Morgan fingerprint density at radius 2 is 2.25 bits per heavy atom. The normalized spacial score (nSPS) is 22.8. The third-order valence-electron chi connectivity index (χ3n) is 3.70. The molecule has 3 N–H and O–H groups in total. The minimum Gasteiger partial charge on any atom is -0.481 e. The number of carboxylic acid groups (broad SMARTS) is 1. The molecule has 0 radical (unpaired) electrons. The Bertz CT molecular complexity index is 526. The minimum atomic E-state index is -1.31. The van der Waals surface area contributed by atoms with Crippen LogP contribution in [-0.2, 0) is 25.4 Å². The fraction of sp³-hybridized carbons (Fsp3) is 0.600. The van der Waals surface area contributed by atoms with Crippen LogP contribution in [0.4, 0.5) is 0 Å². The van der Waals surface area contributed by atoms with Gasteiger partial charge in [-0.25, -0.2) is 0 Å². The Labute approximate surface area is 145 Å². The molecule has 0 saturated carbocycles. The quantitative estimate of drug-likeness (QED) is 0.677. The molecule has 9 heteroatoms. The zero-order valence-corrected chi connectivity index (χ0v) is 14.2. The van der Waals surface area contributed by atoms with Crippen molar-refractivity contribution in [2.24, 2.45) is 0 Å². The number of carbonyl (C=O) groups is 2. The van der Waals surface area contributed by atoms with Gasteiger partial charge in [0.1, 0.15) is 0 Å². The summed E-state index contributed by atoms with van der Waals surface area (Å²) < 4.78 is 10.9. The van der Waals surface area contributed by atoms with Crippen molar-refractivity contribution in [3.63, 3.8) is 0 Å². The molecule has 0 bridgehead atoms. The molecule has 7 nitrogen and oxygen atoms in total. The van der Waals surface area contributed by atoms with Gasteiger partial charge in [-0.1, -0.05) is 6.07 Å². The van der Waals surface area contributed by atoms with E-state index in [1.807, 2.05) is 17.5 Å². The summed E-state index contributed by atoms with van der Waals surface area (Å²) in [5.41, 5.74) is 0. The molecule has 1 aliphatic rings. The third-order valence-corrected chi connectivity index (χ3v) is 4.58. The van der Waals surface area contributed by atoms with E-state index in [1.54, 1.807) is 0 Å². The number of aliphatic carboxylic acids is 1. The van der Waals surface area contributed by atoms with Crippen molar-refractivity contribution in [2.75, 3.05) is 13.2 Å². The summed E-state index contributed by atoms with van der Waals surface area (Å²) in [5.74, 6) is -1.94. The average Bonchev–Trinajstić information content (AvgIpc) is 3.01. The molecule has 1 aliphatic heterocycles. The van der Waals surface area contributed by atoms with Crippen LogP contribution in [-0.4, -0.2) is 54.4 Å². The van der Waals surface area contributed by atoms with Gasteiger partial charge in [0.05, 0.1) is 31.5 Å². The SMILES string of the molecule is O=C(O)CC1CCCCOC[C@H](NC(=O)Cc2cccs2)B(O)O1. The highest BCUT2D eigenvalue weighted by molar-refractivity contribution is 7.10. The highest BCUT2D eigenvalue weighted by Crippen LogP contribution is 2.14. The maximum absolute atomic E-state index is 12.1. The molecular formula is C15H22BNO6S. The number of ether oxygens (including phenoxy) is 1. The van der Waals surface area contributed by atoms with Crippen LogP contribution in [0.3, 0.4) is 0 Å². The largest absolute Gasteiger partial charge is 0.481 e. The molecule has 0 spiro atoms. The van der Waals surface area contributed by atoms with Gasteiger partial charge < -0.3 is 24.8 Å². The van der Waals surface area contributed by atoms with E-state index in [2.05, 4.69) is 5.32 Å². The summed E-state index contributed by atoms with van der Waals surface area (Å²) in [6.45, 7) is 0.626. The number of rotatable bonds is 5. The van der Waals surface area contributed by atoms with E-state index in [4.69, 9.17) is 14.5 Å². The second-order valence-corrected chi connectivity index (χ2v) is 6.78. The van der Waals surface area contributed by atoms with E-state index >= 15 is 0 Å². The molecule has 1 amide bonds. The molecule has 2 atom stereocenters. The Kier molecular flexibility index (Phi) is 7.71. The summed E-state index contributed by atoms with van der Waals surface area (Å²) >= 11 is 1.48. The number of amides is 1. The van der Waals surface area contributed by atoms with Gasteiger partial charge in [-0.05, 0) is 30.7 Å². The molecular weight excluding hydrogens is 333 g/mol. The first kappa shape index (κ1) is 18.9. The molecule has 24 heavy (non-hydrogen) atoms. The monoisotopic (exact) mass is 355 g/mol. The van der Waals surface area contributed by atoms with Gasteiger partial charge in [-0.2, -0.15) is 0 Å². The van der Waals surface area contributed by atoms with Gasteiger partial charge in [0.2, 0.25) is 5.91 Å². The van der Waals surface area contributed by atoms with Gasteiger partial charge in [0.15, 0.2) is 0 Å². The van der Waals surface area contributed by atoms with Gasteiger partial charge in [0.25, 0.3) is 0 Å². The van der Waals surface area contributed by atoms with Crippen molar-refractivity contribution in [1.82, 2.24) is 5.32 Å². The molecule has 0 aliphatic carbocycles. The lowest BCUT2D eigenvalue weighted by molar-refractivity contribution is -0.139. The fourth-order valence-corrected chi connectivity index (χ4v) is 3.22. The van der Waals surface area contributed by atoms with Crippen molar-refractivity contribution in [3.05, 3.63) is 22.4 Å². The molecule has 132 valence electrons. The predicted molar refractivity (Wildman–Crippen MR) is 89.7 cm³/mol. The molecule has 1 saturated heterocycles. The van der Waals surface area contributed by atoms with Gasteiger partial charge in [0, 0.05) is 11.5 Å². The summed E-state index contributed by atoms with van der Waals surface area (Å²) in [7, 11) is -1.31. The van der Waals surface area contributed by atoms with Crippen molar-refractivity contribution in [3.8, 4) is 0 Å². The standard InChI is InChI=1S/C15H22BNO6S/c18-14(9-12-5-3-7-24-12)17-13-10-22-6-2-1-4-11(8-15(19)20)23-16(13)21/h3,5,7,11,13,21H,1-2,4,6,8-10H2,(H,17,18)(H,19,20)/t11?,13-/m0/s1. The van der Waals surface area contributed by atoms with Gasteiger partial charge >= 0.3 is 13.1 Å². The number of hydrogen-bond acceptors (Lipinski definition) is 6. The molecule has 0 aromatic carbocycles. The summed E-state index contributed by atoms with van der Waals surface area (Å²) in [6, 6.07) is 3.73. The molecule has 1 unspecified atom stereocenters. The van der Waals surface area contributed by atoms with Crippen LogP contribution in [0.5, 0.6) is 0 Å². The van der Waals surface area contributed by atoms with Crippen molar-refractivity contribution in [1.29, 1.82) is 0 Å². The second kappa shape index (κ2) is 9.78. The summed E-state index contributed by atoms with van der Waals surface area (Å²) in [5, 5.41) is 23.8. The lowest BCUT2D eigenvalue weighted by Gasteiger charge is -2.26. The minimum absolute atomic E-state index is 0.122. The maximum atomic E-state index is 12.1. The summed E-state index contributed by atoms with van der Waals surface area (Å²) in [6.07, 6.45) is 1.55. The number of nitrogens with one attached hydrogen (secondary N) is 1. The molecule has 1 aromatic rings. The first-order chi connectivity index (χ1) is 11.5. The number of hydrogen-bond donors (Lipinski definition) is 3. The number of carboxylic acids is 1.